The van der Waals surface area contributed by atoms with Crippen LogP contribution >= 0.6 is 11.8 Å². The molecule has 0 N–H and O–H groups in total. The molecule has 0 unspecified atom stereocenters. The second-order valence-electron chi connectivity index (χ2n) is 16.0. The first-order chi connectivity index (χ1) is 29.8. The Balaban J connectivity index is 1.08. The summed E-state index contributed by atoms with van der Waals surface area (Å²) >= 11 is 1.94. The molecule has 0 bridgehead atoms. The molecule has 0 aliphatic carbocycles. The number of hydrogen-bond donors (Lipinski definition) is 0. The molecule has 12 rings (SSSR count). The molecule has 10 aromatic rings. The molecule has 2 aliphatic rings. The van der Waals surface area contributed by atoms with Crippen molar-refractivity contribution in [3.05, 3.63) is 224 Å². The van der Waals surface area contributed by atoms with Gasteiger partial charge in [0.05, 0.1) is 9.52 Å². The minimum Gasteiger partial charge on any atom is -0.311 e. The Morgan fingerprint density at radius 3 is 1.40 bits per heavy atom. The Morgan fingerprint density at radius 2 is 0.817 bits per heavy atom. The Bertz CT molecular complexity index is 3090. The molecular formula is C56H39NSSi2. The van der Waals surface area contributed by atoms with Crippen LogP contribution in [0, 0.1) is 0 Å². The maximum Gasteiger partial charge on any atom is 0.181 e. The number of rotatable bonds is 5. The van der Waals surface area contributed by atoms with Gasteiger partial charge in [-0.3, -0.25) is 0 Å². The first-order valence-corrected chi connectivity index (χ1v) is 25.0. The van der Waals surface area contributed by atoms with Gasteiger partial charge in [-0.2, -0.15) is 0 Å². The molecule has 0 saturated heterocycles. The van der Waals surface area contributed by atoms with Gasteiger partial charge >= 0.3 is 0 Å². The van der Waals surface area contributed by atoms with Crippen molar-refractivity contribution in [3.8, 4) is 22.3 Å². The van der Waals surface area contributed by atoms with Crippen molar-refractivity contribution in [2.45, 2.75) is 9.79 Å². The minimum absolute atomic E-state index is 0.908. The number of benzene rings is 10. The van der Waals surface area contributed by atoms with Crippen molar-refractivity contribution in [1.29, 1.82) is 0 Å². The third kappa shape index (κ3) is 5.45. The van der Waals surface area contributed by atoms with Crippen LogP contribution < -0.4 is 36.0 Å². The van der Waals surface area contributed by atoms with Gasteiger partial charge in [0.2, 0.25) is 0 Å². The predicted octanol–water partition coefficient (Wildman–Crippen LogP) is 10.1. The zero-order valence-electron chi connectivity index (χ0n) is 32.9. The van der Waals surface area contributed by atoms with E-state index in [0.717, 1.165) is 11.4 Å². The van der Waals surface area contributed by atoms with Crippen molar-refractivity contribution in [1.82, 2.24) is 0 Å². The van der Waals surface area contributed by atoms with Crippen molar-refractivity contribution in [2.75, 3.05) is 4.90 Å². The van der Waals surface area contributed by atoms with Crippen LogP contribution in [0.1, 0.15) is 0 Å². The molecule has 1 spiro atoms. The second-order valence-corrected chi connectivity index (χ2v) is 22.5. The van der Waals surface area contributed by atoms with Gasteiger partial charge in [0.25, 0.3) is 0 Å². The summed E-state index contributed by atoms with van der Waals surface area (Å²) in [6.07, 6.45) is 0. The number of fused-ring (bicyclic) bond motifs is 10. The molecule has 2 heterocycles. The van der Waals surface area contributed by atoms with E-state index >= 15 is 0 Å². The topological polar surface area (TPSA) is 3.24 Å². The third-order valence-corrected chi connectivity index (χ3v) is 22.2. The molecule has 0 saturated carbocycles. The van der Waals surface area contributed by atoms with E-state index in [2.05, 4.69) is 229 Å². The highest BCUT2D eigenvalue weighted by Crippen LogP contribution is 2.39. The summed E-state index contributed by atoms with van der Waals surface area (Å²) in [5.74, 6) is 0. The second kappa shape index (κ2) is 14.2. The largest absolute Gasteiger partial charge is 0.311 e. The SMILES string of the molecule is c1ccc2c(c1)[SiH2]c1c(N(c3ccc(-c4cccc5ccccc45)cc3)c3ccc(-c4cccc5ccccc45)cc3)cccc1[Si]21c2ccccc2Sc2ccccc21. The van der Waals surface area contributed by atoms with Gasteiger partial charge in [0.1, 0.15) is 0 Å². The Hall–Kier alpha value is -6.70. The number of hydrogen-bond acceptors (Lipinski definition) is 2. The first-order valence-electron chi connectivity index (χ1n) is 20.8. The third-order valence-electron chi connectivity index (χ3n) is 12.8. The summed E-state index contributed by atoms with van der Waals surface area (Å²) < 4.78 is 0. The summed E-state index contributed by atoms with van der Waals surface area (Å²) in [5.41, 5.74) is 8.57. The van der Waals surface area contributed by atoms with E-state index in [0.29, 0.717) is 0 Å². The van der Waals surface area contributed by atoms with E-state index in [-0.39, 0.29) is 0 Å². The monoisotopic (exact) mass is 813 g/mol. The van der Waals surface area contributed by atoms with Crippen LogP contribution in [-0.4, -0.2) is 17.6 Å². The standard InChI is InChI=1S/C56H39NSSi2/c1-3-18-44-38(14-1)16-11-20-46(44)40-30-34-42(35-31-40)57(43-36-32-41(33-37-43)47-21-12-17-39-15-2-4-19-45(39)47)48-22-13-29-55-56(48)59-51-25-7-10-28-54(51)60(55)52-26-8-5-23-49(52)58-50-24-6-9-27-53(50)60/h1-37H,59H2. The van der Waals surface area contributed by atoms with Gasteiger partial charge in [0, 0.05) is 26.9 Å². The first kappa shape index (κ1) is 35.3. The zero-order valence-corrected chi connectivity index (χ0v) is 36.2. The molecule has 0 amide bonds. The lowest BCUT2D eigenvalue weighted by Gasteiger charge is -2.45. The van der Waals surface area contributed by atoms with Crippen molar-refractivity contribution >= 4 is 99.1 Å². The molecule has 2 aliphatic heterocycles. The van der Waals surface area contributed by atoms with Gasteiger partial charge < -0.3 is 4.90 Å². The van der Waals surface area contributed by atoms with Gasteiger partial charge in [0.15, 0.2) is 8.07 Å². The van der Waals surface area contributed by atoms with Crippen molar-refractivity contribution < 1.29 is 0 Å². The molecule has 4 heteroatoms. The van der Waals surface area contributed by atoms with Gasteiger partial charge in [-0.15, -0.1) is 0 Å². The molecule has 0 fully saturated rings. The van der Waals surface area contributed by atoms with Crippen molar-refractivity contribution in [3.63, 3.8) is 0 Å². The fraction of sp³-hybridized carbons (Fsp3) is 0. The molecular weight excluding hydrogens is 775 g/mol. The van der Waals surface area contributed by atoms with Gasteiger partial charge in [-0.05, 0) is 112 Å². The fourth-order valence-corrected chi connectivity index (χ4v) is 21.4. The fourth-order valence-electron chi connectivity index (χ4n) is 10.2. The molecule has 282 valence electrons. The highest BCUT2D eigenvalue weighted by atomic mass is 32.2. The van der Waals surface area contributed by atoms with Crippen LogP contribution in [-0.2, 0) is 0 Å². The molecule has 0 aromatic heterocycles. The van der Waals surface area contributed by atoms with Crippen LogP contribution in [0.15, 0.2) is 234 Å². The minimum atomic E-state index is -2.70. The normalized spacial score (nSPS) is 13.7. The highest BCUT2D eigenvalue weighted by molar-refractivity contribution is 8.00. The summed E-state index contributed by atoms with van der Waals surface area (Å²) in [4.78, 5) is 5.33. The van der Waals surface area contributed by atoms with E-state index < -0.39 is 17.6 Å². The van der Waals surface area contributed by atoms with Crippen LogP contribution in [0.2, 0.25) is 0 Å². The number of anilines is 3. The molecule has 10 aromatic carbocycles. The quantitative estimate of drug-likeness (QED) is 0.159. The van der Waals surface area contributed by atoms with Gasteiger partial charge in [-0.25, -0.2) is 0 Å². The molecule has 1 nitrogen and oxygen atoms in total. The van der Waals surface area contributed by atoms with E-state index in [1.54, 1.807) is 20.7 Å². The van der Waals surface area contributed by atoms with E-state index in [1.807, 2.05) is 11.8 Å². The van der Waals surface area contributed by atoms with Crippen LogP contribution in [0.5, 0.6) is 0 Å². The summed E-state index contributed by atoms with van der Waals surface area (Å²) in [5, 5.41) is 14.3. The zero-order chi connectivity index (χ0) is 39.6. The maximum absolute atomic E-state index is 2.70. The average molecular weight is 814 g/mol. The lowest BCUT2D eigenvalue weighted by Crippen LogP contribution is -2.84. The summed E-state index contributed by atoms with van der Waals surface area (Å²) in [6.45, 7) is 0. The maximum atomic E-state index is 2.55. The molecule has 0 atom stereocenters. The number of nitrogens with zero attached hydrogens (tertiary/aromatic N) is 1. The van der Waals surface area contributed by atoms with E-state index in [1.165, 1.54) is 69.7 Å². The van der Waals surface area contributed by atoms with Crippen LogP contribution in [0.25, 0.3) is 43.8 Å². The van der Waals surface area contributed by atoms with E-state index in [4.69, 9.17) is 0 Å². The summed E-state index contributed by atoms with van der Waals surface area (Å²) in [6, 6.07) is 84.6. The van der Waals surface area contributed by atoms with Crippen LogP contribution in [0.4, 0.5) is 17.1 Å². The van der Waals surface area contributed by atoms with Gasteiger partial charge in [-0.1, -0.05) is 199 Å². The predicted molar refractivity (Wildman–Crippen MR) is 263 cm³/mol. The summed E-state index contributed by atoms with van der Waals surface area (Å²) in [7, 11) is -3.61. The highest BCUT2D eigenvalue weighted by Gasteiger charge is 2.51. The average Bonchev–Trinajstić information content (AvgIpc) is 3.32. The van der Waals surface area contributed by atoms with E-state index in [9.17, 15) is 0 Å². The smallest absolute Gasteiger partial charge is 0.181 e. The molecule has 60 heavy (non-hydrogen) atoms. The Morgan fingerprint density at radius 1 is 0.367 bits per heavy atom. The Kier molecular flexibility index (Phi) is 8.37. The van der Waals surface area contributed by atoms with Crippen molar-refractivity contribution in [2.24, 2.45) is 0 Å². The lowest BCUT2D eigenvalue weighted by molar-refractivity contribution is 1.29. The Labute approximate surface area is 358 Å². The molecule has 0 radical (unpaired) electrons. The lowest BCUT2D eigenvalue weighted by atomic mass is 9.97. The van der Waals surface area contributed by atoms with Crippen LogP contribution in [0.3, 0.4) is 0 Å².